The third kappa shape index (κ3) is 2.64. The van der Waals surface area contributed by atoms with E-state index in [1.165, 1.54) is 0 Å². The number of aromatic nitrogens is 2. The quantitative estimate of drug-likeness (QED) is 0.903. The molecule has 1 unspecified atom stereocenters. The van der Waals surface area contributed by atoms with Crippen LogP contribution in [0.5, 0.6) is 0 Å². The number of nitrogens with zero attached hydrogens (tertiary/aromatic N) is 2. The van der Waals surface area contributed by atoms with Crippen LogP contribution in [0.25, 0.3) is 0 Å². The van der Waals surface area contributed by atoms with Crippen molar-refractivity contribution in [1.29, 1.82) is 0 Å². The maximum absolute atomic E-state index is 6.22. The minimum atomic E-state index is -0.0574. The summed E-state index contributed by atoms with van der Waals surface area (Å²) in [5.74, 6) is 1.81. The summed E-state index contributed by atoms with van der Waals surface area (Å²) in [5, 5.41) is 4.52. The molecule has 0 spiro atoms. The van der Waals surface area contributed by atoms with Crippen molar-refractivity contribution in [1.82, 2.24) is 9.78 Å². The van der Waals surface area contributed by atoms with Gasteiger partial charge in [-0.2, -0.15) is 5.10 Å². The van der Waals surface area contributed by atoms with Crippen LogP contribution in [-0.2, 0) is 6.42 Å². The minimum absolute atomic E-state index is 0.0574. The zero-order valence-electron chi connectivity index (χ0n) is 11.5. The maximum atomic E-state index is 6.22. The Morgan fingerprint density at radius 1 is 1.39 bits per heavy atom. The van der Waals surface area contributed by atoms with Gasteiger partial charge in [-0.1, -0.05) is 0 Å². The third-order valence-electron chi connectivity index (χ3n) is 3.10. The first-order valence-electron chi connectivity index (χ1n) is 6.34. The average Bonchev–Trinajstić information content (AvgIpc) is 2.85. The molecule has 2 aromatic heterocycles. The molecule has 98 valence electrons. The zero-order chi connectivity index (χ0) is 13.3. The van der Waals surface area contributed by atoms with E-state index in [1.807, 2.05) is 36.9 Å². The lowest BCUT2D eigenvalue weighted by Crippen LogP contribution is -2.14. The molecule has 0 saturated carbocycles. The molecule has 4 nitrogen and oxygen atoms in total. The second kappa shape index (κ2) is 4.98. The van der Waals surface area contributed by atoms with E-state index in [1.54, 1.807) is 0 Å². The summed E-state index contributed by atoms with van der Waals surface area (Å²) in [4.78, 5) is 0. The van der Waals surface area contributed by atoms with Gasteiger partial charge in [0.25, 0.3) is 0 Å². The molecule has 0 aromatic carbocycles. The molecule has 0 saturated heterocycles. The van der Waals surface area contributed by atoms with E-state index in [4.69, 9.17) is 10.2 Å². The van der Waals surface area contributed by atoms with Gasteiger partial charge in [0.15, 0.2) is 0 Å². The Morgan fingerprint density at radius 2 is 2.11 bits per heavy atom. The van der Waals surface area contributed by atoms with Crippen molar-refractivity contribution in [2.24, 2.45) is 5.73 Å². The lowest BCUT2D eigenvalue weighted by molar-refractivity contribution is 0.495. The van der Waals surface area contributed by atoms with Crippen LogP contribution in [0.3, 0.4) is 0 Å². The minimum Gasteiger partial charge on any atom is -0.466 e. The fraction of sp³-hybridized carbons (Fsp3) is 0.500. The SMILES string of the molecule is Cc1cc(C(N)Cc2ccn(C(C)C)n2)c(C)o1. The van der Waals surface area contributed by atoms with Gasteiger partial charge in [-0.15, -0.1) is 0 Å². The van der Waals surface area contributed by atoms with E-state index in [-0.39, 0.29) is 6.04 Å². The Balaban J connectivity index is 2.11. The molecule has 2 rings (SSSR count). The monoisotopic (exact) mass is 247 g/mol. The number of hydrogen-bond donors (Lipinski definition) is 1. The summed E-state index contributed by atoms with van der Waals surface area (Å²) in [7, 11) is 0. The number of nitrogens with two attached hydrogens (primary N) is 1. The molecule has 0 radical (unpaired) electrons. The highest BCUT2D eigenvalue weighted by atomic mass is 16.3. The normalized spacial score (nSPS) is 13.2. The number of rotatable bonds is 4. The first kappa shape index (κ1) is 12.9. The summed E-state index contributed by atoms with van der Waals surface area (Å²) in [5.41, 5.74) is 8.32. The average molecular weight is 247 g/mol. The molecule has 4 heteroatoms. The highest BCUT2D eigenvalue weighted by molar-refractivity contribution is 5.25. The summed E-state index contributed by atoms with van der Waals surface area (Å²) in [6, 6.07) is 4.37. The Bertz CT molecular complexity index is 525. The molecule has 0 bridgehead atoms. The molecule has 18 heavy (non-hydrogen) atoms. The Labute approximate surface area is 108 Å². The highest BCUT2D eigenvalue weighted by Gasteiger charge is 2.15. The van der Waals surface area contributed by atoms with E-state index < -0.39 is 0 Å². The molecule has 2 N–H and O–H groups in total. The van der Waals surface area contributed by atoms with Gasteiger partial charge in [-0.3, -0.25) is 4.68 Å². The molecule has 0 amide bonds. The van der Waals surface area contributed by atoms with Crippen molar-refractivity contribution in [3.63, 3.8) is 0 Å². The van der Waals surface area contributed by atoms with Crippen LogP contribution in [0, 0.1) is 13.8 Å². The number of hydrogen-bond acceptors (Lipinski definition) is 3. The van der Waals surface area contributed by atoms with Crippen molar-refractivity contribution in [3.8, 4) is 0 Å². The van der Waals surface area contributed by atoms with Gasteiger partial charge in [-0.05, 0) is 39.8 Å². The van der Waals surface area contributed by atoms with Gasteiger partial charge in [0, 0.05) is 30.3 Å². The second-order valence-electron chi connectivity index (χ2n) is 5.06. The Kier molecular flexibility index (Phi) is 3.57. The van der Waals surface area contributed by atoms with Gasteiger partial charge >= 0.3 is 0 Å². The van der Waals surface area contributed by atoms with Gasteiger partial charge in [0.05, 0.1) is 5.69 Å². The second-order valence-corrected chi connectivity index (χ2v) is 5.06. The van der Waals surface area contributed by atoms with Gasteiger partial charge in [-0.25, -0.2) is 0 Å². The summed E-state index contributed by atoms with van der Waals surface area (Å²) in [6.45, 7) is 8.12. The molecule has 2 aromatic rings. The Morgan fingerprint density at radius 3 is 2.61 bits per heavy atom. The molecule has 0 aliphatic heterocycles. The molecular formula is C14H21N3O. The van der Waals surface area contributed by atoms with Crippen molar-refractivity contribution in [3.05, 3.63) is 41.1 Å². The zero-order valence-corrected chi connectivity index (χ0v) is 11.5. The summed E-state index contributed by atoms with van der Waals surface area (Å²) in [6.07, 6.45) is 2.74. The first-order valence-corrected chi connectivity index (χ1v) is 6.34. The van der Waals surface area contributed by atoms with E-state index in [0.717, 1.165) is 29.2 Å². The number of aryl methyl sites for hydroxylation is 2. The van der Waals surface area contributed by atoms with Crippen molar-refractivity contribution in [2.45, 2.75) is 46.2 Å². The summed E-state index contributed by atoms with van der Waals surface area (Å²) >= 11 is 0. The summed E-state index contributed by atoms with van der Waals surface area (Å²) < 4.78 is 7.47. The first-order chi connectivity index (χ1) is 8.47. The highest BCUT2D eigenvalue weighted by Crippen LogP contribution is 2.22. The topological polar surface area (TPSA) is 57.0 Å². The number of furan rings is 1. The van der Waals surface area contributed by atoms with E-state index in [0.29, 0.717) is 6.04 Å². The molecule has 2 heterocycles. The molecule has 0 aliphatic carbocycles. The third-order valence-corrected chi connectivity index (χ3v) is 3.10. The van der Waals surface area contributed by atoms with Gasteiger partial charge in [0.2, 0.25) is 0 Å². The maximum Gasteiger partial charge on any atom is 0.105 e. The molecule has 1 atom stereocenters. The van der Waals surface area contributed by atoms with Crippen LogP contribution in [0.4, 0.5) is 0 Å². The molecular weight excluding hydrogens is 226 g/mol. The van der Waals surface area contributed by atoms with Crippen LogP contribution in [0.2, 0.25) is 0 Å². The smallest absolute Gasteiger partial charge is 0.105 e. The fourth-order valence-corrected chi connectivity index (χ4v) is 2.13. The van der Waals surface area contributed by atoms with E-state index in [2.05, 4.69) is 18.9 Å². The predicted molar refractivity (Wildman–Crippen MR) is 71.4 cm³/mol. The van der Waals surface area contributed by atoms with Crippen molar-refractivity contribution < 1.29 is 4.42 Å². The molecule has 0 aliphatic rings. The van der Waals surface area contributed by atoms with Crippen LogP contribution >= 0.6 is 0 Å². The largest absolute Gasteiger partial charge is 0.466 e. The standard InChI is InChI=1S/C14H21N3O/c1-9(2)17-6-5-12(16-17)8-14(15)13-7-10(3)18-11(13)4/h5-7,9,14H,8,15H2,1-4H3. The van der Waals surface area contributed by atoms with Gasteiger partial charge < -0.3 is 10.2 Å². The van der Waals surface area contributed by atoms with Crippen LogP contribution in [0.1, 0.15) is 48.7 Å². The molecule has 0 fully saturated rings. The fourth-order valence-electron chi connectivity index (χ4n) is 2.13. The lowest BCUT2D eigenvalue weighted by Gasteiger charge is -2.09. The van der Waals surface area contributed by atoms with Crippen LogP contribution < -0.4 is 5.73 Å². The van der Waals surface area contributed by atoms with Gasteiger partial charge in [0.1, 0.15) is 11.5 Å². The Hall–Kier alpha value is -1.55. The van der Waals surface area contributed by atoms with Crippen LogP contribution in [0.15, 0.2) is 22.7 Å². The van der Waals surface area contributed by atoms with Crippen molar-refractivity contribution >= 4 is 0 Å². The predicted octanol–water partition coefficient (Wildman–Crippen LogP) is 2.92. The van der Waals surface area contributed by atoms with E-state index >= 15 is 0 Å². The van der Waals surface area contributed by atoms with E-state index in [9.17, 15) is 0 Å². The van der Waals surface area contributed by atoms with Crippen LogP contribution in [-0.4, -0.2) is 9.78 Å². The lowest BCUT2D eigenvalue weighted by atomic mass is 10.0. The van der Waals surface area contributed by atoms with Crippen molar-refractivity contribution in [2.75, 3.05) is 0 Å².